The molecular formula is C22H28N2O3S. The van der Waals surface area contributed by atoms with Crippen LogP contribution in [0.1, 0.15) is 36.8 Å². The molecule has 1 saturated heterocycles. The fraction of sp³-hybridized carbons (Fsp3) is 0.409. The summed E-state index contributed by atoms with van der Waals surface area (Å²) in [5, 5.41) is 0. The molecule has 5 nitrogen and oxygen atoms in total. The van der Waals surface area contributed by atoms with Gasteiger partial charge in [0.25, 0.3) is 10.0 Å². The molecule has 0 aromatic heterocycles. The Bertz CT molecular complexity index is 918. The molecule has 0 radical (unpaired) electrons. The van der Waals surface area contributed by atoms with Gasteiger partial charge >= 0.3 is 0 Å². The number of rotatable bonds is 5. The second kappa shape index (κ2) is 8.78. The van der Waals surface area contributed by atoms with Gasteiger partial charge in [-0.15, -0.1) is 0 Å². The van der Waals surface area contributed by atoms with Crippen molar-refractivity contribution in [1.29, 1.82) is 0 Å². The smallest absolute Gasteiger partial charge is 0.264 e. The zero-order valence-electron chi connectivity index (χ0n) is 16.6. The summed E-state index contributed by atoms with van der Waals surface area (Å²) >= 11 is 0. The summed E-state index contributed by atoms with van der Waals surface area (Å²) in [5.41, 5.74) is 2.34. The van der Waals surface area contributed by atoms with Crippen molar-refractivity contribution in [3.63, 3.8) is 0 Å². The van der Waals surface area contributed by atoms with Gasteiger partial charge in [0.05, 0.1) is 10.6 Å². The van der Waals surface area contributed by atoms with Gasteiger partial charge in [-0.3, -0.25) is 9.10 Å². The van der Waals surface area contributed by atoms with Crippen molar-refractivity contribution in [1.82, 2.24) is 4.90 Å². The Balaban J connectivity index is 1.99. The van der Waals surface area contributed by atoms with E-state index in [0.717, 1.165) is 36.8 Å². The van der Waals surface area contributed by atoms with Crippen molar-refractivity contribution >= 4 is 21.6 Å². The summed E-state index contributed by atoms with van der Waals surface area (Å²) in [7, 11) is -3.85. The van der Waals surface area contributed by atoms with Crippen LogP contribution in [-0.2, 0) is 14.8 Å². The van der Waals surface area contributed by atoms with E-state index in [1.807, 2.05) is 36.9 Å². The van der Waals surface area contributed by atoms with E-state index in [1.54, 1.807) is 30.3 Å². The Morgan fingerprint density at radius 2 is 1.61 bits per heavy atom. The zero-order chi connectivity index (χ0) is 20.1. The average molecular weight is 401 g/mol. The highest BCUT2D eigenvalue weighted by atomic mass is 32.2. The fourth-order valence-electron chi connectivity index (χ4n) is 3.55. The molecule has 150 valence electrons. The van der Waals surface area contributed by atoms with Crippen LogP contribution in [0.25, 0.3) is 0 Å². The molecule has 0 saturated carbocycles. The quantitative estimate of drug-likeness (QED) is 0.765. The number of sulfonamides is 1. The van der Waals surface area contributed by atoms with Crippen LogP contribution in [0.4, 0.5) is 5.69 Å². The first-order chi connectivity index (χ1) is 13.4. The number of aryl methyl sites for hydroxylation is 2. The SMILES string of the molecule is Cc1ccc(C)c(N(CC(=O)N2CCCCCC2)S(=O)(=O)c2ccccc2)c1. The first-order valence-electron chi connectivity index (χ1n) is 9.82. The number of hydrogen-bond donors (Lipinski definition) is 0. The highest BCUT2D eigenvalue weighted by Gasteiger charge is 2.30. The van der Waals surface area contributed by atoms with Gasteiger partial charge in [0.2, 0.25) is 5.91 Å². The molecule has 1 fully saturated rings. The van der Waals surface area contributed by atoms with Crippen molar-refractivity contribution in [2.75, 3.05) is 23.9 Å². The Kier molecular flexibility index (Phi) is 6.39. The third kappa shape index (κ3) is 4.55. The Hall–Kier alpha value is -2.34. The van der Waals surface area contributed by atoms with Gasteiger partial charge in [-0.25, -0.2) is 8.42 Å². The van der Waals surface area contributed by atoms with E-state index in [1.165, 1.54) is 4.31 Å². The van der Waals surface area contributed by atoms with Crippen LogP contribution in [0, 0.1) is 13.8 Å². The van der Waals surface area contributed by atoms with E-state index in [9.17, 15) is 13.2 Å². The Labute approximate surface area is 168 Å². The number of benzene rings is 2. The summed E-state index contributed by atoms with van der Waals surface area (Å²) in [4.78, 5) is 15.0. The topological polar surface area (TPSA) is 57.7 Å². The molecule has 1 aliphatic heterocycles. The predicted molar refractivity (Wildman–Crippen MR) is 112 cm³/mol. The first kappa shape index (κ1) is 20.4. The van der Waals surface area contributed by atoms with Crippen LogP contribution in [0.3, 0.4) is 0 Å². The van der Waals surface area contributed by atoms with Crippen LogP contribution in [0.15, 0.2) is 53.4 Å². The van der Waals surface area contributed by atoms with Crippen LogP contribution in [0.2, 0.25) is 0 Å². The molecule has 0 N–H and O–H groups in total. The summed E-state index contributed by atoms with van der Waals surface area (Å²) in [6.07, 6.45) is 4.18. The lowest BCUT2D eigenvalue weighted by Crippen LogP contribution is -2.43. The van der Waals surface area contributed by atoms with Crippen LogP contribution < -0.4 is 4.31 Å². The number of anilines is 1. The van der Waals surface area contributed by atoms with Crippen molar-refractivity contribution in [2.24, 2.45) is 0 Å². The van der Waals surface area contributed by atoms with Gasteiger partial charge in [-0.1, -0.05) is 43.2 Å². The third-order valence-electron chi connectivity index (χ3n) is 5.20. The van der Waals surface area contributed by atoms with Crippen LogP contribution in [0.5, 0.6) is 0 Å². The van der Waals surface area contributed by atoms with E-state index < -0.39 is 10.0 Å². The lowest BCUT2D eigenvalue weighted by molar-refractivity contribution is -0.129. The van der Waals surface area contributed by atoms with E-state index in [2.05, 4.69) is 0 Å². The van der Waals surface area contributed by atoms with Gasteiger partial charge in [0.15, 0.2) is 0 Å². The van der Waals surface area contributed by atoms with Crippen LogP contribution in [-0.4, -0.2) is 38.9 Å². The molecule has 6 heteroatoms. The summed E-state index contributed by atoms with van der Waals surface area (Å²) < 4.78 is 28.2. The Morgan fingerprint density at radius 1 is 0.964 bits per heavy atom. The molecule has 1 aliphatic rings. The minimum atomic E-state index is -3.85. The largest absolute Gasteiger partial charge is 0.341 e. The molecule has 0 atom stereocenters. The maximum Gasteiger partial charge on any atom is 0.264 e. The second-order valence-corrected chi connectivity index (χ2v) is 9.27. The minimum absolute atomic E-state index is 0.137. The summed E-state index contributed by atoms with van der Waals surface area (Å²) in [5.74, 6) is -0.137. The van der Waals surface area contributed by atoms with Gasteiger partial charge < -0.3 is 4.90 Å². The molecule has 0 unspecified atom stereocenters. The molecule has 1 heterocycles. The predicted octanol–water partition coefficient (Wildman–Crippen LogP) is 3.90. The standard InChI is InChI=1S/C22H28N2O3S/c1-18-12-13-19(2)21(16-18)24(28(26,27)20-10-6-5-7-11-20)17-22(25)23-14-8-3-4-9-15-23/h5-7,10-13,16H,3-4,8-9,14-15,17H2,1-2H3. The monoisotopic (exact) mass is 400 g/mol. The summed E-state index contributed by atoms with van der Waals surface area (Å²) in [6.45, 7) is 5.02. The number of carbonyl (C=O) groups excluding carboxylic acids is 1. The number of hydrogen-bond acceptors (Lipinski definition) is 3. The average Bonchev–Trinajstić information content (AvgIpc) is 2.98. The number of likely N-dealkylation sites (tertiary alicyclic amines) is 1. The summed E-state index contributed by atoms with van der Waals surface area (Å²) in [6, 6.07) is 14.0. The van der Waals surface area contributed by atoms with E-state index in [-0.39, 0.29) is 17.3 Å². The first-order valence-corrected chi connectivity index (χ1v) is 11.3. The maximum atomic E-state index is 13.4. The molecule has 0 bridgehead atoms. The van der Waals surface area contributed by atoms with Crippen molar-refractivity contribution in [2.45, 2.75) is 44.4 Å². The van der Waals surface area contributed by atoms with Crippen molar-refractivity contribution < 1.29 is 13.2 Å². The number of nitrogens with zero attached hydrogens (tertiary/aromatic N) is 2. The highest BCUT2D eigenvalue weighted by molar-refractivity contribution is 7.92. The van der Waals surface area contributed by atoms with Gasteiger partial charge in [-0.2, -0.15) is 0 Å². The van der Waals surface area contributed by atoms with Gasteiger partial charge in [0.1, 0.15) is 6.54 Å². The lowest BCUT2D eigenvalue weighted by atomic mass is 10.1. The third-order valence-corrected chi connectivity index (χ3v) is 6.98. The molecule has 0 spiro atoms. The molecule has 2 aromatic carbocycles. The molecule has 1 amide bonds. The molecule has 28 heavy (non-hydrogen) atoms. The lowest BCUT2D eigenvalue weighted by Gasteiger charge is -2.29. The minimum Gasteiger partial charge on any atom is -0.341 e. The van der Waals surface area contributed by atoms with E-state index in [0.29, 0.717) is 18.8 Å². The Morgan fingerprint density at radius 3 is 2.25 bits per heavy atom. The number of carbonyl (C=O) groups is 1. The second-order valence-electron chi connectivity index (χ2n) is 7.41. The zero-order valence-corrected chi connectivity index (χ0v) is 17.4. The van der Waals surface area contributed by atoms with Crippen LogP contribution >= 0.6 is 0 Å². The molecule has 0 aliphatic carbocycles. The number of amides is 1. The molecule has 2 aromatic rings. The molecule has 3 rings (SSSR count). The van der Waals surface area contributed by atoms with E-state index >= 15 is 0 Å². The normalized spacial score (nSPS) is 15.1. The van der Waals surface area contributed by atoms with E-state index in [4.69, 9.17) is 0 Å². The van der Waals surface area contributed by atoms with Gasteiger partial charge in [-0.05, 0) is 56.0 Å². The molecular weight excluding hydrogens is 372 g/mol. The fourth-order valence-corrected chi connectivity index (χ4v) is 5.04. The van der Waals surface area contributed by atoms with Gasteiger partial charge in [0, 0.05) is 13.1 Å². The van der Waals surface area contributed by atoms with Crippen molar-refractivity contribution in [3.05, 3.63) is 59.7 Å². The van der Waals surface area contributed by atoms with Crippen molar-refractivity contribution in [3.8, 4) is 0 Å². The highest BCUT2D eigenvalue weighted by Crippen LogP contribution is 2.28. The maximum absolute atomic E-state index is 13.4.